The molecule has 0 atom stereocenters. The van der Waals surface area contributed by atoms with Gasteiger partial charge in [-0.1, -0.05) is 44.5 Å². The van der Waals surface area contributed by atoms with Crippen molar-refractivity contribution in [2.45, 2.75) is 40.0 Å². The average Bonchev–Trinajstić information content (AvgIpc) is 2.71. The monoisotopic (exact) mass is 311 g/mol. The van der Waals surface area contributed by atoms with E-state index in [0.29, 0.717) is 0 Å². The third-order valence-corrected chi connectivity index (χ3v) is 4.69. The highest BCUT2D eigenvalue weighted by Gasteiger charge is 2.18. The highest BCUT2D eigenvalue weighted by atomic mass is 35.5. The fraction of sp³-hybridized carbons (Fsp3) is 0.300. The Labute approximate surface area is 137 Å². The minimum atomic E-state index is 0.160. The molecule has 0 N–H and O–H groups in total. The summed E-state index contributed by atoms with van der Waals surface area (Å²) in [6, 6.07) is 12.7. The van der Waals surface area contributed by atoms with Gasteiger partial charge in [0.2, 0.25) is 0 Å². The second-order valence-corrected chi connectivity index (χ2v) is 7.45. The summed E-state index contributed by atoms with van der Waals surface area (Å²) in [5.74, 6) is 0. The highest BCUT2D eigenvalue weighted by Crippen LogP contribution is 2.34. The molecule has 0 spiro atoms. The van der Waals surface area contributed by atoms with Gasteiger partial charge in [-0.25, -0.2) is 0 Å². The molecule has 3 aromatic rings. The van der Waals surface area contributed by atoms with Gasteiger partial charge in [-0.15, -0.1) is 0 Å². The molecule has 0 bridgehead atoms. The zero-order valence-corrected chi connectivity index (χ0v) is 14.6. The van der Waals surface area contributed by atoms with Crippen LogP contribution in [0, 0.1) is 13.8 Å². The molecule has 0 unspecified atom stereocenters. The first-order chi connectivity index (χ1) is 10.3. The Hall–Kier alpha value is -1.73. The number of hydrogen-bond acceptors (Lipinski definition) is 0. The molecule has 0 aliphatic rings. The summed E-state index contributed by atoms with van der Waals surface area (Å²) in [6.07, 6.45) is 2.19. The quantitative estimate of drug-likeness (QED) is 0.506. The lowest BCUT2D eigenvalue weighted by molar-refractivity contribution is 0.590. The Balaban J connectivity index is 2.26. The minimum Gasteiger partial charge on any atom is -0.320 e. The second-order valence-electron chi connectivity index (χ2n) is 7.01. The van der Waals surface area contributed by atoms with Crippen LogP contribution in [0.15, 0.2) is 42.6 Å². The van der Waals surface area contributed by atoms with Crippen LogP contribution >= 0.6 is 11.6 Å². The van der Waals surface area contributed by atoms with E-state index in [-0.39, 0.29) is 5.41 Å². The van der Waals surface area contributed by atoms with Gasteiger partial charge in [0.1, 0.15) is 0 Å². The number of rotatable bonds is 1. The summed E-state index contributed by atoms with van der Waals surface area (Å²) in [4.78, 5) is 0. The number of pyridine rings is 1. The van der Waals surface area contributed by atoms with E-state index in [2.05, 4.69) is 69.5 Å². The molecular weight excluding hydrogens is 290 g/mol. The summed E-state index contributed by atoms with van der Waals surface area (Å²) in [5.41, 5.74) is 7.94. The third-order valence-electron chi connectivity index (χ3n) is 4.44. The van der Waals surface area contributed by atoms with Gasteiger partial charge < -0.3 is 4.40 Å². The average molecular weight is 312 g/mol. The maximum atomic E-state index is 6.02. The fourth-order valence-corrected chi connectivity index (χ4v) is 3.24. The first-order valence-electron chi connectivity index (χ1n) is 7.67. The SMILES string of the molecule is Cc1c(-c2ccc(Cl)cc2)c(C)n2ccc(C(C)(C)C)cc12. The van der Waals surface area contributed by atoms with E-state index in [1.54, 1.807) is 0 Å². The van der Waals surface area contributed by atoms with Gasteiger partial charge in [0, 0.05) is 28.0 Å². The Bertz CT molecular complexity index is 833. The molecule has 0 amide bonds. The van der Waals surface area contributed by atoms with E-state index < -0.39 is 0 Å². The molecule has 0 aliphatic carbocycles. The van der Waals surface area contributed by atoms with Crippen molar-refractivity contribution in [3.8, 4) is 11.1 Å². The lowest BCUT2D eigenvalue weighted by atomic mass is 9.87. The van der Waals surface area contributed by atoms with Crippen LogP contribution in [0.25, 0.3) is 16.6 Å². The third kappa shape index (κ3) is 2.44. The number of halogens is 1. The van der Waals surface area contributed by atoms with Crippen LogP contribution in [0.3, 0.4) is 0 Å². The van der Waals surface area contributed by atoms with Crippen molar-refractivity contribution in [3.05, 3.63) is 64.4 Å². The van der Waals surface area contributed by atoms with Crippen molar-refractivity contribution in [1.82, 2.24) is 4.40 Å². The van der Waals surface area contributed by atoms with E-state index >= 15 is 0 Å². The van der Waals surface area contributed by atoms with Gasteiger partial charge in [0.05, 0.1) is 0 Å². The fourth-order valence-electron chi connectivity index (χ4n) is 3.11. The number of benzene rings is 1. The molecule has 1 nitrogen and oxygen atoms in total. The Morgan fingerprint density at radius 2 is 1.59 bits per heavy atom. The van der Waals surface area contributed by atoms with E-state index in [4.69, 9.17) is 11.6 Å². The van der Waals surface area contributed by atoms with E-state index in [1.807, 2.05) is 12.1 Å². The predicted octanol–water partition coefficient (Wildman–Crippen LogP) is 6.17. The van der Waals surface area contributed by atoms with Crippen LogP contribution < -0.4 is 0 Å². The number of fused-ring (bicyclic) bond motifs is 1. The standard InChI is InChI=1S/C20H22ClN/c1-13-18-12-16(20(3,4)5)10-11-22(18)14(2)19(13)15-6-8-17(21)9-7-15/h6-12H,1-5H3. The Morgan fingerprint density at radius 3 is 2.18 bits per heavy atom. The largest absolute Gasteiger partial charge is 0.320 e. The van der Waals surface area contributed by atoms with Crippen LogP contribution in [0.5, 0.6) is 0 Å². The van der Waals surface area contributed by atoms with Gasteiger partial charge in [0.15, 0.2) is 0 Å². The summed E-state index contributed by atoms with van der Waals surface area (Å²) in [7, 11) is 0. The smallest absolute Gasteiger partial charge is 0.0491 e. The first-order valence-corrected chi connectivity index (χ1v) is 8.04. The number of hydrogen-bond donors (Lipinski definition) is 0. The number of aromatic nitrogens is 1. The zero-order valence-electron chi connectivity index (χ0n) is 13.9. The van der Waals surface area contributed by atoms with E-state index in [9.17, 15) is 0 Å². The normalized spacial score (nSPS) is 12.1. The first kappa shape index (κ1) is 15.2. The molecule has 114 valence electrons. The maximum Gasteiger partial charge on any atom is 0.0491 e. The summed E-state index contributed by atoms with van der Waals surface area (Å²) >= 11 is 6.02. The lowest BCUT2D eigenvalue weighted by Crippen LogP contribution is -2.11. The Morgan fingerprint density at radius 1 is 0.955 bits per heavy atom. The van der Waals surface area contributed by atoms with Gasteiger partial charge in [0.25, 0.3) is 0 Å². The molecular formula is C20H22ClN. The molecule has 0 saturated carbocycles. The molecule has 3 rings (SSSR count). The van der Waals surface area contributed by atoms with Gasteiger partial charge in [-0.05, 0) is 60.2 Å². The van der Waals surface area contributed by atoms with Gasteiger partial charge >= 0.3 is 0 Å². The highest BCUT2D eigenvalue weighted by molar-refractivity contribution is 6.30. The molecule has 22 heavy (non-hydrogen) atoms. The lowest BCUT2D eigenvalue weighted by Gasteiger charge is -2.19. The van der Waals surface area contributed by atoms with Crippen LogP contribution in [0.2, 0.25) is 5.02 Å². The van der Waals surface area contributed by atoms with Crippen LogP contribution in [-0.4, -0.2) is 4.40 Å². The zero-order chi connectivity index (χ0) is 16.1. The molecule has 0 aliphatic heterocycles. The minimum absolute atomic E-state index is 0.160. The molecule has 0 saturated heterocycles. The second kappa shape index (κ2) is 5.17. The Kier molecular flexibility index (Phi) is 3.57. The van der Waals surface area contributed by atoms with Crippen molar-refractivity contribution >= 4 is 17.1 Å². The summed E-state index contributed by atoms with van der Waals surface area (Å²) in [6.45, 7) is 11.2. The maximum absolute atomic E-state index is 6.02. The topological polar surface area (TPSA) is 4.41 Å². The molecule has 0 radical (unpaired) electrons. The van der Waals surface area contributed by atoms with E-state index in [1.165, 1.54) is 33.5 Å². The number of nitrogens with zero attached hydrogens (tertiary/aromatic N) is 1. The van der Waals surface area contributed by atoms with Crippen molar-refractivity contribution in [2.75, 3.05) is 0 Å². The van der Waals surface area contributed by atoms with Crippen molar-refractivity contribution in [1.29, 1.82) is 0 Å². The van der Waals surface area contributed by atoms with Crippen LogP contribution in [0.1, 0.15) is 37.6 Å². The van der Waals surface area contributed by atoms with Gasteiger partial charge in [-0.2, -0.15) is 0 Å². The molecule has 0 fully saturated rings. The molecule has 2 heterocycles. The number of aryl methyl sites for hydroxylation is 2. The van der Waals surface area contributed by atoms with Crippen molar-refractivity contribution < 1.29 is 0 Å². The molecule has 2 aromatic heterocycles. The summed E-state index contributed by atoms with van der Waals surface area (Å²) in [5, 5.41) is 0.776. The van der Waals surface area contributed by atoms with Gasteiger partial charge in [-0.3, -0.25) is 0 Å². The van der Waals surface area contributed by atoms with E-state index in [0.717, 1.165) is 5.02 Å². The van der Waals surface area contributed by atoms with Crippen LogP contribution in [0.4, 0.5) is 0 Å². The summed E-state index contributed by atoms with van der Waals surface area (Å²) < 4.78 is 2.29. The van der Waals surface area contributed by atoms with Crippen molar-refractivity contribution in [3.63, 3.8) is 0 Å². The predicted molar refractivity (Wildman–Crippen MR) is 96.0 cm³/mol. The molecule has 1 aromatic carbocycles. The van der Waals surface area contributed by atoms with Crippen LogP contribution in [-0.2, 0) is 5.41 Å². The molecule has 2 heteroatoms. The van der Waals surface area contributed by atoms with Crippen molar-refractivity contribution in [2.24, 2.45) is 0 Å².